The van der Waals surface area contributed by atoms with E-state index < -0.39 is 0 Å². The standard InChI is InChI=1S/C13H15FN4S/c1-18(8-9-4-3-5-10(14)6-9)12-7-11(15)16-13(17-12)19-2/h3-7H,8H2,1-2H3,(H2,15,16,17). The molecule has 0 bridgehead atoms. The molecule has 2 rings (SSSR count). The molecule has 0 saturated heterocycles. The number of aromatic nitrogens is 2. The normalized spacial score (nSPS) is 10.5. The van der Waals surface area contributed by atoms with Crippen LogP contribution < -0.4 is 10.6 Å². The second-order valence-electron chi connectivity index (χ2n) is 4.12. The summed E-state index contributed by atoms with van der Waals surface area (Å²) in [6.45, 7) is 0.558. The first-order valence-corrected chi connectivity index (χ1v) is 6.95. The van der Waals surface area contributed by atoms with E-state index in [0.29, 0.717) is 17.5 Å². The molecule has 0 fully saturated rings. The van der Waals surface area contributed by atoms with Gasteiger partial charge in [-0.3, -0.25) is 0 Å². The zero-order valence-electron chi connectivity index (χ0n) is 10.8. The van der Waals surface area contributed by atoms with Gasteiger partial charge in [0.2, 0.25) is 0 Å². The minimum atomic E-state index is -0.238. The van der Waals surface area contributed by atoms with Crippen LogP contribution in [0.1, 0.15) is 5.56 Å². The second-order valence-corrected chi connectivity index (χ2v) is 4.90. The molecule has 0 aliphatic rings. The lowest BCUT2D eigenvalue weighted by Crippen LogP contribution is -2.18. The van der Waals surface area contributed by atoms with Gasteiger partial charge in [-0.15, -0.1) is 0 Å². The summed E-state index contributed by atoms with van der Waals surface area (Å²) < 4.78 is 13.1. The average Bonchev–Trinajstić information content (AvgIpc) is 2.38. The van der Waals surface area contributed by atoms with E-state index in [1.54, 1.807) is 12.1 Å². The highest BCUT2D eigenvalue weighted by atomic mass is 32.2. The highest BCUT2D eigenvalue weighted by Gasteiger charge is 2.08. The van der Waals surface area contributed by atoms with Crippen molar-refractivity contribution in [2.45, 2.75) is 11.7 Å². The maximum atomic E-state index is 13.1. The van der Waals surface area contributed by atoms with E-state index in [0.717, 1.165) is 11.4 Å². The number of nitrogens with two attached hydrogens (primary N) is 1. The molecule has 0 atom stereocenters. The molecule has 0 unspecified atom stereocenters. The van der Waals surface area contributed by atoms with Crippen LogP contribution in [-0.4, -0.2) is 23.3 Å². The third-order valence-corrected chi connectivity index (χ3v) is 3.14. The lowest BCUT2D eigenvalue weighted by molar-refractivity contribution is 0.625. The van der Waals surface area contributed by atoms with Crippen LogP contribution >= 0.6 is 11.8 Å². The fourth-order valence-corrected chi connectivity index (χ4v) is 2.09. The molecule has 6 heteroatoms. The summed E-state index contributed by atoms with van der Waals surface area (Å²) in [7, 11) is 1.89. The van der Waals surface area contributed by atoms with Gasteiger partial charge in [-0.05, 0) is 24.0 Å². The molecule has 0 amide bonds. The molecular weight excluding hydrogens is 263 g/mol. The summed E-state index contributed by atoms with van der Waals surface area (Å²) in [6.07, 6.45) is 1.89. The van der Waals surface area contributed by atoms with Crippen LogP contribution in [0.4, 0.5) is 16.0 Å². The van der Waals surface area contributed by atoms with Crippen LogP contribution in [0.15, 0.2) is 35.5 Å². The Labute approximate surface area is 115 Å². The summed E-state index contributed by atoms with van der Waals surface area (Å²) in [5.41, 5.74) is 6.62. The first-order valence-electron chi connectivity index (χ1n) is 5.72. The molecule has 0 aliphatic heterocycles. The van der Waals surface area contributed by atoms with Gasteiger partial charge >= 0.3 is 0 Å². The van der Waals surface area contributed by atoms with Gasteiger partial charge < -0.3 is 10.6 Å². The summed E-state index contributed by atoms with van der Waals surface area (Å²) in [5.74, 6) is 0.916. The van der Waals surface area contributed by atoms with Crippen LogP contribution in [0, 0.1) is 5.82 Å². The Morgan fingerprint density at radius 1 is 1.32 bits per heavy atom. The first kappa shape index (κ1) is 13.6. The van der Waals surface area contributed by atoms with Crippen LogP contribution in [0.25, 0.3) is 0 Å². The van der Waals surface area contributed by atoms with Crippen molar-refractivity contribution in [2.24, 2.45) is 0 Å². The molecule has 2 aromatic rings. The van der Waals surface area contributed by atoms with Gasteiger partial charge in [0.25, 0.3) is 0 Å². The van der Waals surface area contributed by atoms with E-state index >= 15 is 0 Å². The Kier molecular flexibility index (Phi) is 4.21. The number of halogens is 1. The largest absolute Gasteiger partial charge is 0.383 e. The predicted molar refractivity (Wildman–Crippen MR) is 76.7 cm³/mol. The molecule has 4 nitrogen and oxygen atoms in total. The molecular formula is C13H15FN4S. The smallest absolute Gasteiger partial charge is 0.191 e. The van der Waals surface area contributed by atoms with Crippen molar-refractivity contribution in [3.05, 3.63) is 41.7 Å². The molecule has 19 heavy (non-hydrogen) atoms. The molecule has 0 aliphatic carbocycles. The van der Waals surface area contributed by atoms with E-state index in [1.165, 1.54) is 23.9 Å². The zero-order chi connectivity index (χ0) is 13.8. The third kappa shape index (κ3) is 3.57. The molecule has 1 aromatic heterocycles. The van der Waals surface area contributed by atoms with Gasteiger partial charge in [-0.25, -0.2) is 14.4 Å². The Bertz CT molecular complexity index is 576. The van der Waals surface area contributed by atoms with Crippen LogP contribution in [0.3, 0.4) is 0 Å². The van der Waals surface area contributed by atoms with Crippen molar-refractivity contribution in [3.8, 4) is 0 Å². The fourth-order valence-electron chi connectivity index (χ4n) is 1.71. The van der Waals surface area contributed by atoms with Gasteiger partial charge in [0.05, 0.1) is 0 Å². The van der Waals surface area contributed by atoms with Crippen molar-refractivity contribution in [3.63, 3.8) is 0 Å². The number of rotatable bonds is 4. The van der Waals surface area contributed by atoms with E-state index in [-0.39, 0.29) is 5.82 Å². The van der Waals surface area contributed by atoms with E-state index in [4.69, 9.17) is 5.73 Å². The monoisotopic (exact) mass is 278 g/mol. The molecule has 0 radical (unpaired) electrons. The maximum absolute atomic E-state index is 13.1. The van der Waals surface area contributed by atoms with Crippen molar-refractivity contribution >= 4 is 23.4 Å². The van der Waals surface area contributed by atoms with Gasteiger partial charge in [0, 0.05) is 19.7 Å². The lowest BCUT2D eigenvalue weighted by Gasteiger charge is -2.19. The third-order valence-electron chi connectivity index (χ3n) is 2.59. The highest BCUT2D eigenvalue weighted by molar-refractivity contribution is 7.98. The Balaban J connectivity index is 2.20. The van der Waals surface area contributed by atoms with E-state index in [1.807, 2.05) is 24.3 Å². The second kappa shape index (κ2) is 5.88. The Morgan fingerprint density at radius 3 is 2.79 bits per heavy atom. The SMILES string of the molecule is CSc1nc(N)cc(N(C)Cc2cccc(F)c2)n1. The minimum Gasteiger partial charge on any atom is -0.383 e. The van der Waals surface area contributed by atoms with Crippen LogP contribution in [-0.2, 0) is 6.54 Å². The van der Waals surface area contributed by atoms with Crippen LogP contribution in [0.5, 0.6) is 0 Å². The van der Waals surface area contributed by atoms with Gasteiger partial charge in [0.15, 0.2) is 5.16 Å². The molecule has 0 saturated carbocycles. The maximum Gasteiger partial charge on any atom is 0.191 e. The van der Waals surface area contributed by atoms with Gasteiger partial charge in [-0.1, -0.05) is 23.9 Å². The predicted octanol–water partition coefficient (Wildman–Crippen LogP) is 2.56. The van der Waals surface area contributed by atoms with E-state index in [2.05, 4.69) is 9.97 Å². The molecule has 100 valence electrons. The Morgan fingerprint density at radius 2 is 2.11 bits per heavy atom. The first-order chi connectivity index (χ1) is 9.08. The topological polar surface area (TPSA) is 55.0 Å². The van der Waals surface area contributed by atoms with Crippen molar-refractivity contribution in [2.75, 3.05) is 23.9 Å². The Hall–Kier alpha value is -1.82. The quantitative estimate of drug-likeness (QED) is 0.688. The number of benzene rings is 1. The number of hydrogen-bond donors (Lipinski definition) is 1. The van der Waals surface area contributed by atoms with Gasteiger partial charge in [-0.2, -0.15) is 0 Å². The summed E-state index contributed by atoms with van der Waals surface area (Å²) >= 11 is 1.43. The molecule has 1 heterocycles. The van der Waals surface area contributed by atoms with Gasteiger partial charge in [0.1, 0.15) is 17.5 Å². The number of nitrogen functional groups attached to an aromatic ring is 1. The molecule has 1 aromatic carbocycles. The van der Waals surface area contributed by atoms with Crippen molar-refractivity contribution in [1.82, 2.24) is 9.97 Å². The summed E-state index contributed by atoms with van der Waals surface area (Å²) in [4.78, 5) is 10.4. The summed E-state index contributed by atoms with van der Waals surface area (Å²) in [6, 6.07) is 8.22. The number of thioether (sulfide) groups is 1. The van der Waals surface area contributed by atoms with Crippen molar-refractivity contribution < 1.29 is 4.39 Å². The number of nitrogens with zero attached hydrogens (tertiary/aromatic N) is 3. The van der Waals surface area contributed by atoms with E-state index in [9.17, 15) is 4.39 Å². The molecule has 2 N–H and O–H groups in total. The zero-order valence-corrected chi connectivity index (χ0v) is 11.6. The minimum absolute atomic E-state index is 0.238. The summed E-state index contributed by atoms with van der Waals surface area (Å²) in [5, 5.41) is 0.626. The lowest BCUT2D eigenvalue weighted by atomic mass is 10.2. The number of anilines is 2. The van der Waals surface area contributed by atoms with Crippen LogP contribution in [0.2, 0.25) is 0 Å². The highest BCUT2D eigenvalue weighted by Crippen LogP contribution is 2.19. The fraction of sp³-hybridized carbons (Fsp3) is 0.231. The van der Waals surface area contributed by atoms with Crippen molar-refractivity contribution in [1.29, 1.82) is 0 Å². The average molecular weight is 278 g/mol. The number of hydrogen-bond acceptors (Lipinski definition) is 5. The molecule has 0 spiro atoms.